The van der Waals surface area contributed by atoms with Gasteiger partial charge in [0.25, 0.3) is 0 Å². The molecule has 3 aromatic rings. The normalized spacial score (nSPS) is 20.9. The Morgan fingerprint density at radius 1 is 1.20 bits per heavy atom. The van der Waals surface area contributed by atoms with Crippen LogP contribution in [0.1, 0.15) is 23.9 Å². The van der Waals surface area contributed by atoms with E-state index in [-0.39, 0.29) is 11.9 Å². The lowest BCUT2D eigenvalue weighted by Crippen LogP contribution is -2.24. The average Bonchev–Trinajstić information content (AvgIpc) is 3.24. The number of aliphatic hydroxyl groups excluding tert-OH is 1. The summed E-state index contributed by atoms with van der Waals surface area (Å²) in [6.45, 7) is 1.08. The van der Waals surface area contributed by atoms with Crippen LogP contribution in [0.25, 0.3) is 11.5 Å². The quantitative estimate of drug-likeness (QED) is 0.787. The number of benzene rings is 1. The van der Waals surface area contributed by atoms with Crippen molar-refractivity contribution in [1.29, 1.82) is 0 Å². The zero-order valence-corrected chi connectivity index (χ0v) is 13.4. The molecule has 7 heteroatoms. The van der Waals surface area contributed by atoms with Gasteiger partial charge in [-0.1, -0.05) is 23.4 Å². The van der Waals surface area contributed by atoms with Crippen molar-refractivity contribution in [3.8, 4) is 11.5 Å². The first kappa shape index (κ1) is 15.9. The van der Waals surface area contributed by atoms with E-state index in [1.54, 1.807) is 18.3 Å². The molecule has 1 fully saturated rings. The van der Waals surface area contributed by atoms with Gasteiger partial charge in [-0.2, -0.15) is 4.98 Å². The Kier molecular flexibility index (Phi) is 4.25. The van der Waals surface area contributed by atoms with Crippen LogP contribution in [0.2, 0.25) is 0 Å². The standard InChI is InChI=1S/C18H17FN4O2/c19-13-6-4-12(5-7-13)10-23-11-14(24)9-16(23)18-21-17(22-25-18)15-3-1-2-8-20-15/h1-8,14,16,24H,9-11H2. The van der Waals surface area contributed by atoms with Crippen LogP contribution in [0.4, 0.5) is 4.39 Å². The number of β-amino-alcohol motifs (C(OH)–C–C–N with tert-alkyl or cyclic N) is 1. The molecule has 0 aliphatic carbocycles. The number of aromatic nitrogens is 3. The summed E-state index contributed by atoms with van der Waals surface area (Å²) in [5, 5.41) is 14.1. The number of rotatable bonds is 4. The van der Waals surface area contributed by atoms with Crippen molar-refractivity contribution in [3.05, 3.63) is 65.9 Å². The van der Waals surface area contributed by atoms with Crippen LogP contribution < -0.4 is 0 Å². The zero-order valence-electron chi connectivity index (χ0n) is 13.4. The van der Waals surface area contributed by atoms with Crippen molar-refractivity contribution in [1.82, 2.24) is 20.0 Å². The van der Waals surface area contributed by atoms with Gasteiger partial charge in [-0.05, 0) is 36.2 Å². The molecule has 1 N–H and O–H groups in total. The Morgan fingerprint density at radius 2 is 2.04 bits per heavy atom. The number of aliphatic hydroxyl groups is 1. The number of pyridine rings is 1. The lowest BCUT2D eigenvalue weighted by atomic mass is 10.1. The largest absolute Gasteiger partial charge is 0.392 e. The third-order valence-corrected chi connectivity index (χ3v) is 4.30. The molecule has 0 saturated carbocycles. The zero-order chi connectivity index (χ0) is 17.2. The molecule has 6 nitrogen and oxygen atoms in total. The minimum absolute atomic E-state index is 0.176. The summed E-state index contributed by atoms with van der Waals surface area (Å²) >= 11 is 0. The second kappa shape index (κ2) is 6.70. The maximum atomic E-state index is 13.1. The molecule has 3 heterocycles. The van der Waals surface area contributed by atoms with Crippen LogP contribution >= 0.6 is 0 Å². The van der Waals surface area contributed by atoms with Crippen molar-refractivity contribution in [2.45, 2.75) is 25.1 Å². The second-order valence-corrected chi connectivity index (χ2v) is 6.13. The van der Waals surface area contributed by atoms with E-state index in [1.807, 2.05) is 18.2 Å². The fourth-order valence-corrected chi connectivity index (χ4v) is 3.10. The monoisotopic (exact) mass is 340 g/mol. The lowest BCUT2D eigenvalue weighted by molar-refractivity contribution is 0.169. The molecule has 0 radical (unpaired) electrons. The highest BCUT2D eigenvalue weighted by molar-refractivity contribution is 5.47. The van der Waals surface area contributed by atoms with Gasteiger partial charge in [-0.25, -0.2) is 4.39 Å². The van der Waals surface area contributed by atoms with E-state index in [1.165, 1.54) is 12.1 Å². The first-order chi connectivity index (χ1) is 12.2. The van der Waals surface area contributed by atoms with E-state index in [0.29, 0.717) is 36.9 Å². The summed E-state index contributed by atoms with van der Waals surface area (Å²) in [6, 6.07) is 11.7. The Hall–Kier alpha value is -2.64. The Balaban J connectivity index is 1.55. The van der Waals surface area contributed by atoms with Gasteiger partial charge >= 0.3 is 0 Å². The van der Waals surface area contributed by atoms with Crippen molar-refractivity contribution < 1.29 is 14.0 Å². The Morgan fingerprint density at radius 3 is 2.80 bits per heavy atom. The highest BCUT2D eigenvalue weighted by atomic mass is 19.1. The number of halogens is 1. The van der Waals surface area contributed by atoms with E-state index in [2.05, 4.69) is 20.0 Å². The number of nitrogens with zero attached hydrogens (tertiary/aromatic N) is 4. The van der Waals surface area contributed by atoms with Gasteiger partial charge in [-0.15, -0.1) is 0 Å². The van der Waals surface area contributed by atoms with Crippen molar-refractivity contribution in [3.63, 3.8) is 0 Å². The molecule has 1 aliphatic rings. The summed E-state index contributed by atoms with van der Waals surface area (Å²) in [7, 11) is 0. The van der Waals surface area contributed by atoms with Crippen LogP contribution in [0.3, 0.4) is 0 Å². The van der Waals surface area contributed by atoms with Gasteiger partial charge in [0, 0.05) is 19.3 Å². The van der Waals surface area contributed by atoms with Crippen molar-refractivity contribution in [2.75, 3.05) is 6.54 Å². The predicted octanol–water partition coefficient (Wildman–Crippen LogP) is 2.58. The molecule has 1 saturated heterocycles. The molecule has 0 spiro atoms. The molecule has 1 aromatic carbocycles. The van der Waals surface area contributed by atoms with E-state index < -0.39 is 6.10 Å². The number of hydrogen-bond acceptors (Lipinski definition) is 6. The fourth-order valence-electron chi connectivity index (χ4n) is 3.10. The molecule has 1 aliphatic heterocycles. The molecule has 2 atom stereocenters. The molecular weight excluding hydrogens is 323 g/mol. The van der Waals surface area contributed by atoms with Crippen LogP contribution in [0.5, 0.6) is 0 Å². The minimum atomic E-state index is -0.462. The maximum Gasteiger partial charge on any atom is 0.244 e. The molecule has 4 rings (SSSR count). The topological polar surface area (TPSA) is 75.3 Å². The highest BCUT2D eigenvalue weighted by Gasteiger charge is 2.36. The van der Waals surface area contributed by atoms with Crippen LogP contribution in [-0.2, 0) is 6.54 Å². The summed E-state index contributed by atoms with van der Waals surface area (Å²) in [5.74, 6) is 0.622. The SMILES string of the molecule is OC1CC(c2nc(-c3ccccn3)no2)N(Cc2ccc(F)cc2)C1. The van der Waals surface area contributed by atoms with E-state index in [9.17, 15) is 9.50 Å². The maximum absolute atomic E-state index is 13.1. The smallest absolute Gasteiger partial charge is 0.244 e. The van der Waals surface area contributed by atoms with Gasteiger partial charge in [0.15, 0.2) is 0 Å². The number of hydrogen-bond donors (Lipinski definition) is 1. The first-order valence-corrected chi connectivity index (χ1v) is 8.10. The Bertz CT molecular complexity index is 838. The summed E-state index contributed by atoms with van der Waals surface area (Å²) in [6.07, 6.45) is 1.73. The molecular formula is C18H17FN4O2. The van der Waals surface area contributed by atoms with Crippen molar-refractivity contribution in [2.24, 2.45) is 0 Å². The molecule has 0 bridgehead atoms. The minimum Gasteiger partial charge on any atom is -0.392 e. The van der Waals surface area contributed by atoms with Gasteiger partial charge < -0.3 is 9.63 Å². The van der Waals surface area contributed by atoms with Crippen LogP contribution in [0.15, 0.2) is 53.2 Å². The number of likely N-dealkylation sites (tertiary alicyclic amines) is 1. The molecule has 2 unspecified atom stereocenters. The van der Waals surface area contributed by atoms with Crippen molar-refractivity contribution >= 4 is 0 Å². The van der Waals surface area contributed by atoms with Gasteiger partial charge in [0.05, 0.1) is 12.1 Å². The third-order valence-electron chi connectivity index (χ3n) is 4.30. The lowest BCUT2D eigenvalue weighted by Gasteiger charge is -2.21. The average molecular weight is 340 g/mol. The molecule has 25 heavy (non-hydrogen) atoms. The van der Waals surface area contributed by atoms with Crippen LogP contribution in [0, 0.1) is 5.82 Å². The van der Waals surface area contributed by atoms with E-state index >= 15 is 0 Å². The second-order valence-electron chi connectivity index (χ2n) is 6.13. The first-order valence-electron chi connectivity index (χ1n) is 8.10. The summed E-state index contributed by atoms with van der Waals surface area (Å²) in [4.78, 5) is 10.7. The predicted molar refractivity (Wildman–Crippen MR) is 87.7 cm³/mol. The van der Waals surface area contributed by atoms with E-state index in [4.69, 9.17) is 4.52 Å². The van der Waals surface area contributed by atoms with Gasteiger partial charge in [-0.3, -0.25) is 9.88 Å². The summed E-state index contributed by atoms with van der Waals surface area (Å²) < 4.78 is 18.5. The fraction of sp³-hybridized carbons (Fsp3) is 0.278. The molecule has 128 valence electrons. The van der Waals surface area contributed by atoms with Gasteiger partial charge in [0.1, 0.15) is 11.5 Å². The van der Waals surface area contributed by atoms with Gasteiger partial charge in [0.2, 0.25) is 11.7 Å². The van der Waals surface area contributed by atoms with E-state index in [0.717, 1.165) is 5.56 Å². The van der Waals surface area contributed by atoms with Crippen LogP contribution in [-0.4, -0.2) is 37.8 Å². The molecule has 2 aromatic heterocycles. The Labute approximate surface area is 143 Å². The summed E-state index contributed by atoms with van der Waals surface area (Å²) in [5.41, 5.74) is 1.60. The highest BCUT2D eigenvalue weighted by Crippen LogP contribution is 2.33. The third kappa shape index (κ3) is 3.42. The molecule has 0 amide bonds.